The molecule has 0 unspecified atom stereocenters. The molecule has 1 amide bonds. The van der Waals surface area contributed by atoms with Gasteiger partial charge in [-0.05, 0) is 23.1 Å². The van der Waals surface area contributed by atoms with Crippen LogP contribution in [0.15, 0.2) is 41.8 Å². The van der Waals surface area contributed by atoms with Gasteiger partial charge in [-0.15, -0.1) is 11.3 Å². The molecule has 0 bridgehead atoms. The lowest BCUT2D eigenvalue weighted by Gasteiger charge is -2.11. The van der Waals surface area contributed by atoms with Crippen LogP contribution in [0.25, 0.3) is 0 Å². The van der Waals surface area contributed by atoms with Crippen LogP contribution in [0.5, 0.6) is 5.75 Å². The molecule has 2 aromatic rings. The first kappa shape index (κ1) is 14.8. The third-order valence-corrected chi connectivity index (χ3v) is 4.53. The molecule has 0 radical (unpaired) electrons. The van der Waals surface area contributed by atoms with Gasteiger partial charge in [0.2, 0.25) is 5.91 Å². The number of thiophene rings is 1. The van der Waals surface area contributed by atoms with Crippen LogP contribution >= 0.6 is 11.3 Å². The number of ketones is 1. The van der Waals surface area contributed by atoms with Crippen molar-refractivity contribution in [1.29, 1.82) is 0 Å². The quantitative estimate of drug-likeness (QED) is 0.834. The summed E-state index contributed by atoms with van der Waals surface area (Å²) in [5, 5.41) is 4.71. The van der Waals surface area contributed by atoms with Gasteiger partial charge in [0.05, 0.1) is 11.4 Å². The van der Waals surface area contributed by atoms with Crippen LogP contribution in [0, 0.1) is 0 Å². The molecule has 0 spiro atoms. The first-order valence-electron chi connectivity index (χ1n) is 7.30. The van der Waals surface area contributed by atoms with Crippen molar-refractivity contribution in [3.05, 3.63) is 52.2 Å². The maximum absolute atomic E-state index is 11.8. The zero-order chi connectivity index (χ0) is 15.4. The average Bonchev–Trinajstić information content (AvgIpc) is 3.19. The van der Waals surface area contributed by atoms with Crippen LogP contribution in [0.3, 0.4) is 0 Å². The van der Waals surface area contributed by atoms with Crippen molar-refractivity contribution in [3.63, 3.8) is 0 Å². The van der Waals surface area contributed by atoms with Crippen molar-refractivity contribution in [1.82, 2.24) is 5.32 Å². The number of benzene rings is 1. The summed E-state index contributed by atoms with van der Waals surface area (Å²) in [6, 6.07) is 11.5. The fourth-order valence-electron chi connectivity index (χ4n) is 2.47. The summed E-state index contributed by atoms with van der Waals surface area (Å²) < 4.78 is 5.76. The highest BCUT2D eigenvalue weighted by molar-refractivity contribution is 7.12. The predicted octanol–water partition coefficient (Wildman–Crippen LogP) is 2.83. The number of hydrogen-bond acceptors (Lipinski definition) is 4. The van der Waals surface area contributed by atoms with Crippen molar-refractivity contribution < 1.29 is 14.3 Å². The van der Waals surface area contributed by atoms with Gasteiger partial charge in [-0.25, -0.2) is 0 Å². The largest absolute Gasteiger partial charge is 0.488 e. The molecule has 0 saturated heterocycles. The molecule has 5 heteroatoms. The molecule has 22 heavy (non-hydrogen) atoms. The number of para-hydroxylation sites is 1. The number of amides is 1. The summed E-state index contributed by atoms with van der Waals surface area (Å²) in [4.78, 5) is 24.4. The number of ether oxygens (including phenoxy) is 1. The smallest absolute Gasteiger partial charge is 0.220 e. The van der Waals surface area contributed by atoms with Crippen molar-refractivity contribution >= 4 is 23.0 Å². The van der Waals surface area contributed by atoms with Crippen molar-refractivity contribution in [2.45, 2.75) is 25.4 Å². The van der Waals surface area contributed by atoms with Gasteiger partial charge in [-0.3, -0.25) is 9.59 Å². The highest BCUT2D eigenvalue weighted by Gasteiger charge is 2.22. The SMILES string of the molecule is O=C(CCC(=O)c1cccs1)NC[C@@H]1Cc2ccccc2O1. The summed E-state index contributed by atoms with van der Waals surface area (Å²) >= 11 is 1.41. The minimum atomic E-state index is -0.107. The number of Topliss-reactive ketones (excluding diaryl/α,β-unsaturated/α-hetero) is 1. The van der Waals surface area contributed by atoms with E-state index in [2.05, 4.69) is 5.32 Å². The van der Waals surface area contributed by atoms with Gasteiger partial charge in [0.25, 0.3) is 0 Å². The van der Waals surface area contributed by atoms with Gasteiger partial charge in [0.15, 0.2) is 5.78 Å². The summed E-state index contributed by atoms with van der Waals surface area (Å²) in [7, 11) is 0. The minimum absolute atomic E-state index is 0.0191. The van der Waals surface area contributed by atoms with Crippen LogP contribution in [0.4, 0.5) is 0 Å². The van der Waals surface area contributed by atoms with Crippen LogP contribution < -0.4 is 10.1 Å². The number of fused-ring (bicyclic) bond motifs is 1. The lowest BCUT2D eigenvalue weighted by atomic mass is 10.1. The Hall–Kier alpha value is -2.14. The molecule has 2 heterocycles. The number of nitrogens with one attached hydrogen (secondary N) is 1. The molecule has 3 rings (SSSR count). The Morgan fingerprint density at radius 1 is 1.18 bits per heavy atom. The zero-order valence-corrected chi connectivity index (χ0v) is 12.9. The Bertz CT molecular complexity index is 641. The van der Waals surface area contributed by atoms with Crippen molar-refractivity contribution in [2.24, 2.45) is 0 Å². The normalized spacial score (nSPS) is 15.9. The molecular weight excluding hydrogens is 298 g/mol. The Kier molecular flexibility index (Phi) is 4.53. The van der Waals surface area contributed by atoms with Gasteiger partial charge in [-0.1, -0.05) is 24.3 Å². The second-order valence-corrected chi connectivity index (χ2v) is 6.20. The molecule has 114 valence electrons. The number of carbonyl (C=O) groups excluding carboxylic acids is 2. The molecule has 0 saturated carbocycles. The van der Waals surface area contributed by atoms with Gasteiger partial charge >= 0.3 is 0 Å². The van der Waals surface area contributed by atoms with E-state index in [4.69, 9.17) is 4.74 Å². The summed E-state index contributed by atoms with van der Waals surface area (Å²) in [6.07, 6.45) is 1.26. The molecule has 4 nitrogen and oxygen atoms in total. The second kappa shape index (κ2) is 6.75. The van der Waals surface area contributed by atoms with E-state index in [-0.39, 0.29) is 30.6 Å². The standard InChI is InChI=1S/C17H17NO3S/c19-14(16-6-3-9-22-16)7-8-17(20)18-11-13-10-12-4-1-2-5-15(12)21-13/h1-6,9,13H,7-8,10-11H2,(H,18,20)/t13-/m0/s1. The first-order chi connectivity index (χ1) is 10.7. The average molecular weight is 315 g/mol. The molecule has 0 fully saturated rings. The number of rotatable bonds is 6. The first-order valence-corrected chi connectivity index (χ1v) is 8.18. The molecule has 1 N–H and O–H groups in total. The predicted molar refractivity (Wildman–Crippen MR) is 85.5 cm³/mol. The van der Waals surface area contributed by atoms with Gasteiger partial charge in [0, 0.05) is 19.3 Å². The van der Waals surface area contributed by atoms with E-state index in [0.29, 0.717) is 11.4 Å². The highest BCUT2D eigenvalue weighted by atomic mass is 32.1. The lowest BCUT2D eigenvalue weighted by molar-refractivity contribution is -0.121. The molecule has 1 atom stereocenters. The highest BCUT2D eigenvalue weighted by Crippen LogP contribution is 2.27. The monoisotopic (exact) mass is 315 g/mol. The maximum Gasteiger partial charge on any atom is 0.220 e. The molecule has 1 aromatic heterocycles. The number of hydrogen-bond donors (Lipinski definition) is 1. The fraction of sp³-hybridized carbons (Fsp3) is 0.294. The Morgan fingerprint density at radius 3 is 2.82 bits per heavy atom. The number of carbonyl (C=O) groups is 2. The van der Waals surface area contributed by atoms with Crippen LogP contribution in [0.2, 0.25) is 0 Å². The third-order valence-electron chi connectivity index (χ3n) is 3.62. The van der Waals surface area contributed by atoms with Crippen molar-refractivity contribution in [3.8, 4) is 5.75 Å². The van der Waals surface area contributed by atoms with Crippen molar-refractivity contribution in [2.75, 3.05) is 6.54 Å². The van der Waals surface area contributed by atoms with E-state index in [0.717, 1.165) is 12.2 Å². The second-order valence-electron chi connectivity index (χ2n) is 5.26. The molecule has 0 aliphatic carbocycles. The fourth-order valence-corrected chi connectivity index (χ4v) is 3.17. The van der Waals surface area contributed by atoms with E-state index >= 15 is 0 Å². The molecule has 1 aromatic carbocycles. The third kappa shape index (κ3) is 3.54. The topological polar surface area (TPSA) is 55.4 Å². The van der Waals surface area contributed by atoms with Crippen LogP contribution in [0.1, 0.15) is 28.1 Å². The Labute approximate surface area is 133 Å². The van der Waals surface area contributed by atoms with E-state index in [1.54, 1.807) is 6.07 Å². The molecule has 1 aliphatic rings. The van der Waals surface area contributed by atoms with E-state index in [9.17, 15) is 9.59 Å². The van der Waals surface area contributed by atoms with Gasteiger partial charge in [0.1, 0.15) is 11.9 Å². The van der Waals surface area contributed by atoms with Gasteiger partial charge < -0.3 is 10.1 Å². The van der Waals surface area contributed by atoms with Gasteiger partial charge in [-0.2, -0.15) is 0 Å². The minimum Gasteiger partial charge on any atom is -0.488 e. The maximum atomic E-state index is 11.8. The summed E-state index contributed by atoms with van der Waals surface area (Å²) in [5.74, 6) is 0.814. The van der Waals surface area contributed by atoms with Crippen LogP contribution in [-0.4, -0.2) is 24.3 Å². The Morgan fingerprint density at radius 2 is 2.05 bits per heavy atom. The molecular formula is C17H17NO3S. The lowest BCUT2D eigenvalue weighted by Crippen LogP contribution is -2.34. The van der Waals surface area contributed by atoms with E-state index in [1.165, 1.54) is 16.9 Å². The Balaban J connectivity index is 1.39. The van der Waals surface area contributed by atoms with Crippen LogP contribution in [-0.2, 0) is 11.2 Å². The zero-order valence-electron chi connectivity index (χ0n) is 12.1. The van der Waals surface area contributed by atoms with E-state index < -0.39 is 0 Å². The van der Waals surface area contributed by atoms with E-state index in [1.807, 2.05) is 35.7 Å². The summed E-state index contributed by atoms with van der Waals surface area (Å²) in [6.45, 7) is 0.473. The summed E-state index contributed by atoms with van der Waals surface area (Å²) in [5.41, 5.74) is 1.18. The molecule has 1 aliphatic heterocycles.